The van der Waals surface area contributed by atoms with E-state index in [4.69, 9.17) is 0 Å². The quantitative estimate of drug-likeness (QED) is 0.806. The van der Waals surface area contributed by atoms with Crippen LogP contribution in [-0.2, 0) is 9.59 Å². The highest BCUT2D eigenvalue weighted by Gasteiger charge is 2.24. The molecule has 0 aromatic heterocycles. The van der Waals surface area contributed by atoms with E-state index in [2.05, 4.69) is 10.6 Å². The summed E-state index contributed by atoms with van der Waals surface area (Å²) in [6, 6.07) is 6.77. The summed E-state index contributed by atoms with van der Waals surface area (Å²) in [4.78, 5) is 34.1. The Balaban J connectivity index is 1.95. The Morgan fingerprint density at radius 2 is 1.95 bits per heavy atom. The van der Waals surface area contributed by atoms with E-state index in [0.717, 1.165) is 0 Å². The van der Waals surface area contributed by atoms with Crippen LogP contribution < -0.4 is 10.6 Å². The number of anilines is 1. The number of benzene rings is 1. The Morgan fingerprint density at radius 3 is 2.47 bits per heavy atom. The van der Waals surface area contributed by atoms with E-state index in [1.165, 1.54) is 6.92 Å². The Bertz CT molecular complexity index is 498. The van der Waals surface area contributed by atoms with Crippen LogP contribution in [0.15, 0.2) is 24.3 Å². The van der Waals surface area contributed by atoms with Gasteiger partial charge in [-0.2, -0.15) is 0 Å². The lowest BCUT2D eigenvalue weighted by atomic mass is 9.98. The van der Waals surface area contributed by atoms with E-state index in [0.29, 0.717) is 30.6 Å². The number of piperidine rings is 1. The van der Waals surface area contributed by atoms with Crippen molar-refractivity contribution in [1.82, 2.24) is 5.32 Å². The molecule has 1 aromatic rings. The van der Waals surface area contributed by atoms with Gasteiger partial charge in [0, 0.05) is 24.2 Å². The number of rotatable bonds is 3. The van der Waals surface area contributed by atoms with Crippen molar-refractivity contribution in [2.75, 3.05) is 11.9 Å². The predicted molar refractivity (Wildman–Crippen MR) is 70.8 cm³/mol. The maximum atomic E-state index is 12.0. The number of ketones is 1. The minimum Gasteiger partial charge on any atom is -0.355 e. The SMILES string of the molecule is CC(=O)c1ccc(NC(=O)C2CCC(=O)NC2)cc1. The second kappa shape index (κ2) is 5.65. The van der Waals surface area contributed by atoms with Gasteiger partial charge in [0.05, 0.1) is 5.92 Å². The van der Waals surface area contributed by atoms with Gasteiger partial charge in [0.1, 0.15) is 0 Å². The number of Topliss-reactive ketones (excluding diaryl/α,β-unsaturated/α-hetero) is 1. The van der Waals surface area contributed by atoms with Crippen LogP contribution in [0.1, 0.15) is 30.1 Å². The van der Waals surface area contributed by atoms with Crippen LogP contribution in [0.5, 0.6) is 0 Å². The van der Waals surface area contributed by atoms with E-state index in [9.17, 15) is 14.4 Å². The summed E-state index contributed by atoms with van der Waals surface area (Å²) in [5.74, 6) is -0.302. The van der Waals surface area contributed by atoms with Gasteiger partial charge in [-0.1, -0.05) is 0 Å². The van der Waals surface area contributed by atoms with Crippen LogP contribution in [0.4, 0.5) is 5.69 Å². The van der Waals surface area contributed by atoms with E-state index in [1.54, 1.807) is 24.3 Å². The third-order valence-electron chi connectivity index (χ3n) is 3.20. The first-order valence-electron chi connectivity index (χ1n) is 6.25. The van der Waals surface area contributed by atoms with Gasteiger partial charge >= 0.3 is 0 Å². The van der Waals surface area contributed by atoms with Crippen molar-refractivity contribution < 1.29 is 14.4 Å². The van der Waals surface area contributed by atoms with Crippen molar-refractivity contribution in [2.24, 2.45) is 5.92 Å². The van der Waals surface area contributed by atoms with Gasteiger partial charge in [-0.15, -0.1) is 0 Å². The zero-order valence-electron chi connectivity index (χ0n) is 10.7. The minimum atomic E-state index is -0.190. The average Bonchev–Trinajstić information content (AvgIpc) is 2.40. The lowest BCUT2D eigenvalue weighted by Crippen LogP contribution is -2.40. The second-order valence-electron chi connectivity index (χ2n) is 4.66. The van der Waals surface area contributed by atoms with Crippen LogP contribution in [0, 0.1) is 5.92 Å². The molecule has 2 amide bonds. The van der Waals surface area contributed by atoms with E-state index < -0.39 is 0 Å². The van der Waals surface area contributed by atoms with Crippen LogP contribution in [0.2, 0.25) is 0 Å². The minimum absolute atomic E-state index is 0.00476. The highest BCUT2D eigenvalue weighted by atomic mass is 16.2. The highest BCUT2D eigenvalue weighted by Crippen LogP contribution is 2.15. The topological polar surface area (TPSA) is 75.3 Å². The fourth-order valence-corrected chi connectivity index (χ4v) is 1.99. The third-order valence-corrected chi connectivity index (χ3v) is 3.20. The number of hydrogen-bond donors (Lipinski definition) is 2. The van der Waals surface area contributed by atoms with E-state index in [-0.39, 0.29) is 23.5 Å². The van der Waals surface area contributed by atoms with E-state index in [1.807, 2.05) is 0 Å². The molecule has 5 heteroatoms. The molecule has 2 rings (SSSR count). The van der Waals surface area contributed by atoms with Gasteiger partial charge in [0.2, 0.25) is 11.8 Å². The number of carbonyl (C=O) groups excluding carboxylic acids is 3. The summed E-state index contributed by atoms with van der Waals surface area (Å²) in [7, 11) is 0. The van der Waals surface area contributed by atoms with Crippen LogP contribution in [0.25, 0.3) is 0 Å². The molecule has 0 bridgehead atoms. The smallest absolute Gasteiger partial charge is 0.229 e. The normalized spacial score (nSPS) is 18.6. The molecular weight excluding hydrogens is 244 g/mol. The number of nitrogens with one attached hydrogen (secondary N) is 2. The molecular formula is C14H16N2O3. The Morgan fingerprint density at radius 1 is 1.26 bits per heavy atom. The molecule has 2 N–H and O–H groups in total. The molecule has 1 heterocycles. The van der Waals surface area contributed by atoms with Crippen molar-refractivity contribution in [3.63, 3.8) is 0 Å². The first-order valence-corrected chi connectivity index (χ1v) is 6.25. The first-order chi connectivity index (χ1) is 9.06. The molecule has 1 saturated heterocycles. The average molecular weight is 260 g/mol. The van der Waals surface area contributed by atoms with Crippen molar-refractivity contribution in [2.45, 2.75) is 19.8 Å². The summed E-state index contributed by atoms with van der Waals surface area (Å²) in [6.07, 6.45) is 0.963. The monoisotopic (exact) mass is 260 g/mol. The molecule has 1 fully saturated rings. The summed E-state index contributed by atoms with van der Waals surface area (Å²) in [6.45, 7) is 1.88. The molecule has 5 nitrogen and oxygen atoms in total. The van der Waals surface area contributed by atoms with Crippen molar-refractivity contribution >= 4 is 23.3 Å². The molecule has 1 aromatic carbocycles. The molecule has 1 aliphatic rings. The zero-order chi connectivity index (χ0) is 13.8. The van der Waals surface area contributed by atoms with Gasteiger partial charge in [-0.25, -0.2) is 0 Å². The molecule has 0 radical (unpaired) electrons. The van der Waals surface area contributed by atoms with Crippen molar-refractivity contribution in [3.05, 3.63) is 29.8 Å². The Kier molecular flexibility index (Phi) is 3.94. The van der Waals surface area contributed by atoms with Crippen LogP contribution in [0.3, 0.4) is 0 Å². The van der Waals surface area contributed by atoms with Gasteiger partial charge < -0.3 is 10.6 Å². The molecule has 1 atom stereocenters. The molecule has 0 saturated carbocycles. The Hall–Kier alpha value is -2.17. The van der Waals surface area contributed by atoms with Gasteiger partial charge in [-0.3, -0.25) is 14.4 Å². The second-order valence-corrected chi connectivity index (χ2v) is 4.66. The Labute approximate surface area is 111 Å². The molecule has 1 aliphatic heterocycles. The number of amides is 2. The van der Waals surface area contributed by atoms with Crippen molar-refractivity contribution in [3.8, 4) is 0 Å². The standard InChI is InChI=1S/C14H16N2O3/c1-9(17)10-2-5-12(6-3-10)16-14(19)11-4-7-13(18)15-8-11/h2-3,5-6,11H,4,7-8H2,1H3,(H,15,18)(H,16,19). The highest BCUT2D eigenvalue weighted by molar-refractivity contribution is 5.96. The van der Waals surface area contributed by atoms with E-state index >= 15 is 0 Å². The first kappa shape index (κ1) is 13.3. The zero-order valence-corrected chi connectivity index (χ0v) is 10.7. The summed E-state index contributed by atoms with van der Waals surface area (Å²) < 4.78 is 0. The van der Waals surface area contributed by atoms with Crippen LogP contribution >= 0.6 is 0 Å². The lowest BCUT2D eigenvalue weighted by molar-refractivity contribution is -0.126. The molecule has 19 heavy (non-hydrogen) atoms. The summed E-state index contributed by atoms with van der Waals surface area (Å²) in [5.41, 5.74) is 1.27. The largest absolute Gasteiger partial charge is 0.355 e. The van der Waals surface area contributed by atoms with Crippen molar-refractivity contribution in [1.29, 1.82) is 0 Å². The molecule has 0 spiro atoms. The summed E-state index contributed by atoms with van der Waals surface area (Å²) in [5, 5.41) is 5.47. The molecule has 100 valence electrons. The third kappa shape index (κ3) is 3.40. The van der Waals surface area contributed by atoms with Gasteiger partial charge in [-0.05, 0) is 37.6 Å². The fraction of sp³-hybridized carbons (Fsp3) is 0.357. The number of carbonyl (C=O) groups is 3. The van der Waals surface area contributed by atoms with Gasteiger partial charge in [0.25, 0.3) is 0 Å². The fourth-order valence-electron chi connectivity index (χ4n) is 1.99. The summed E-state index contributed by atoms with van der Waals surface area (Å²) >= 11 is 0. The van der Waals surface area contributed by atoms with Crippen LogP contribution in [-0.4, -0.2) is 24.1 Å². The number of hydrogen-bond acceptors (Lipinski definition) is 3. The van der Waals surface area contributed by atoms with Gasteiger partial charge in [0.15, 0.2) is 5.78 Å². The predicted octanol–water partition coefficient (Wildman–Crippen LogP) is 1.35. The molecule has 0 aliphatic carbocycles. The maximum Gasteiger partial charge on any atom is 0.229 e. The lowest BCUT2D eigenvalue weighted by Gasteiger charge is -2.21. The molecule has 1 unspecified atom stereocenters. The maximum absolute atomic E-state index is 12.0.